The lowest BCUT2D eigenvalue weighted by Gasteiger charge is -2.32. The number of piperidine rings is 1. The van der Waals surface area contributed by atoms with E-state index in [1.165, 1.54) is 23.9 Å². The highest BCUT2D eigenvalue weighted by molar-refractivity contribution is 7.89. The van der Waals surface area contributed by atoms with Crippen molar-refractivity contribution in [1.82, 2.24) is 14.1 Å². The molecule has 2 heterocycles. The van der Waals surface area contributed by atoms with Crippen molar-refractivity contribution in [2.45, 2.75) is 48.5 Å². The Morgan fingerprint density at radius 2 is 1.37 bits per heavy atom. The first-order chi connectivity index (χ1) is 20.8. The summed E-state index contributed by atoms with van der Waals surface area (Å²) in [7, 11) is -3.69. The molecule has 1 N–H and O–H groups in total. The molecule has 0 spiro atoms. The van der Waals surface area contributed by atoms with Gasteiger partial charge in [-0.25, -0.2) is 8.42 Å². The Kier molecular flexibility index (Phi) is 7.46. The summed E-state index contributed by atoms with van der Waals surface area (Å²) in [6.07, 6.45) is 3.62. The predicted octanol–water partition coefficient (Wildman–Crippen LogP) is 8.13. The van der Waals surface area contributed by atoms with Crippen LogP contribution in [0.1, 0.15) is 65.9 Å². The monoisotopic (exact) mass is 631 g/mol. The molecule has 4 aromatic carbocycles. The lowest BCUT2D eigenvalue weighted by atomic mass is 9.84. The zero-order valence-corrected chi connectivity index (χ0v) is 25.7. The standard InChI is InChI=1S/C34H31Cl2N3O3S/c35-26-9-4-22(5-10-26)33(23-6-11-27(36)12-7-23)25-8-15-32-31(20-25)34(39(37-32)28-13-14-28)24-16-18-38(19-17-24)43(41,42)30-3-1-2-29(40)21-30/h1-12,15,20-21,24,28,33,40H,13-14,16-19H2. The summed E-state index contributed by atoms with van der Waals surface area (Å²) in [4.78, 5) is 0.125. The average molecular weight is 633 g/mol. The van der Waals surface area contributed by atoms with Gasteiger partial charge < -0.3 is 5.11 Å². The van der Waals surface area contributed by atoms with Crippen molar-refractivity contribution in [1.29, 1.82) is 0 Å². The van der Waals surface area contributed by atoms with Crippen LogP contribution >= 0.6 is 23.2 Å². The largest absolute Gasteiger partial charge is 0.508 e. The number of phenols is 1. The minimum Gasteiger partial charge on any atom is -0.508 e. The van der Waals surface area contributed by atoms with Crippen LogP contribution in [0.3, 0.4) is 0 Å². The second kappa shape index (κ2) is 11.3. The summed E-state index contributed by atoms with van der Waals surface area (Å²) >= 11 is 12.5. The fraction of sp³-hybridized carbons (Fsp3) is 0.265. The maximum atomic E-state index is 13.3. The third-order valence-electron chi connectivity index (χ3n) is 8.69. The third kappa shape index (κ3) is 5.55. The Labute approximate surface area is 261 Å². The molecule has 1 saturated heterocycles. The van der Waals surface area contributed by atoms with E-state index >= 15 is 0 Å². The van der Waals surface area contributed by atoms with Crippen LogP contribution in [-0.4, -0.2) is 40.7 Å². The molecular weight excluding hydrogens is 601 g/mol. The number of nitrogens with zero attached hydrogens (tertiary/aromatic N) is 3. The van der Waals surface area contributed by atoms with E-state index in [0.717, 1.165) is 40.4 Å². The number of hydrogen-bond acceptors (Lipinski definition) is 4. The number of hydrogen-bond donors (Lipinski definition) is 1. The summed E-state index contributed by atoms with van der Waals surface area (Å²) in [5.74, 6) is 0.105. The highest BCUT2D eigenvalue weighted by Gasteiger charge is 2.35. The van der Waals surface area contributed by atoms with Crippen molar-refractivity contribution >= 4 is 44.1 Å². The zero-order chi connectivity index (χ0) is 29.7. The molecule has 6 nitrogen and oxygen atoms in total. The van der Waals surface area contributed by atoms with E-state index in [9.17, 15) is 13.5 Å². The van der Waals surface area contributed by atoms with Gasteiger partial charge in [0.2, 0.25) is 10.0 Å². The highest BCUT2D eigenvalue weighted by Crippen LogP contribution is 2.44. The number of aromatic hydroxyl groups is 1. The molecule has 0 unspecified atom stereocenters. The number of aromatic nitrogens is 2. The number of halogens is 2. The predicted molar refractivity (Wildman–Crippen MR) is 171 cm³/mol. The van der Waals surface area contributed by atoms with Gasteiger partial charge in [-0.1, -0.05) is 59.6 Å². The summed E-state index contributed by atoms with van der Waals surface area (Å²) in [5, 5.41) is 17.4. The molecule has 0 atom stereocenters. The first-order valence-corrected chi connectivity index (χ1v) is 16.8. The Morgan fingerprint density at radius 1 is 0.767 bits per heavy atom. The number of rotatable bonds is 7. The van der Waals surface area contributed by atoms with E-state index in [1.54, 1.807) is 10.4 Å². The molecule has 7 rings (SSSR count). The van der Waals surface area contributed by atoms with E-state index in [-0.39, 0.29) is 22.5 Å². The van der Waals surface area contributed by atoms with Gasteiger partial charge in [0.15, 0.2) is 0 Å². The van der Waals surface area contributed by atoms with Crippen molar-refractivity contribution in [2.75, 3.05) is 13.1 Å². The van der Waals surface area contributed by atoms with Gasteiger partial charge in [0.05, 0.1) is 16.5 Å². The van der Waals surface area contributed by atoms with Crippen LogP contribution in [0, 0.1) is 0 Å². The maximum Gasteiger partial charge on any atom is 0.243 e. The lowest BCUT2D eigenvalue weighted by Crippen LogP contribution is -2.38. The van der Waals surface area contributed by atoms with Gasteiger partial charge in [-0.05, 0) is 97.0 Å². The minimum absolute atomic E-state index is 0.0228. The highest BCUT2D eigenvalue weighted by atomic mass is 35.5. The van der Waals surface area contributed by atoms with Crippen LogP contribution in [0.25, 0.3) is 10.9 Å². The SMILES string of the molecule is O=S(=O)(c1cccc(O)c1)N1CCC(c2c3cc(C(c4ccc(Cl)cc4)c4ccc(Cl)cc4)ccc3nn2C2CC2)CC1. The molecule has 1 saturated carbocycles. The van der Waals surface area contributed by atoms with Crippen LogP contribution in [-0.2, 0) is 10.0 Å². The summed E-state index contributed by atoms with van der Waals surface area (Å²) in [6.45, 7) is 0.829. The number of benzene rings is 4. The van der Waals surface area contributed by atoms with Crippen LogP contribution in [0.4, 0.5) is 0 Å². The van der Waals surface area contributed by atoms with Crippen molar-refractivity contribution in [3.63, 3.8) is 0 Å². The van der Waals surface area contributed by atoms with Crippen LogP contribution < -0.4 is 0 Å². The molecule has 9 heteroatoms. The molecule has 220 valence electrons. The summed E-state index contributed by atoms with van der Waals surface area (Å²) < 4.78 is 30.4. The summed E-state index contributed by atoms with van der Waals surface area (Å²) in [6, 6.07) is 28.8. The lowest BCUT2D eigenvalue weighted by molar-refractivity contribution is 0.311. The van der Waals surface area contributed by atoms with Crippen LogP contribution in [0.5, 0.6) is 5.75 Å². The fourth-order valence-corrected chi connectivity index (χ4v) is 8.14. The smallest absolute Gasteiger partial charge is 0.243 e. The van der Waals surface area contributed by atoms with Gasteiger partial charge in [0.1, 0.15) is 5.75 Å². The van der Waals surface area contributed by atoms with Crippen molar-refractivity contribution in [3.05, 3.63) is 123 Å². The molecule has 2 aliphatic rings. The van der Waals surface area contributed by atoms with E-state index in [4.69, 9.17) is 28.3 Å². The van der Waals surface area contributed by atoms with E-state index in [2.05, 4.69) is 47.1 Å². The first-order valence-electron chi connectivity index (χ1n) is 14.6. The van der Waals surface area contributed by atoms with Gasteiger partial charge in [0, 0.05) is 46.1 Å². The number of phenolic OH excluding ortho intramolecular Hbond substituents is 1. The average Bonchev–Trinajstić information content (AvgIpc) is 3.79. The van der Waals surface area contributed by atoms with Gasteiger partial charge in [-0.2, -0.15) is 9.40 Å². The van der Waals surface area contributed by atoms with Crippen molar-refractivity contribution < 1.29 is 13.5 Å². The maximum absolute atomic E-state index is 13.3. The molecule has 0 radical (unpaired) electrons. The zero-order valence-electron chi connectivity index (χ0n) is 23.4. The molecule has 5 aromatic rings. The van der Waals surface area contributed by atoms with Crippen LogP contribution in [0.2, 0.25) is 10.0 Å². The van der Waals surface area contributed by atoms with Gasteiger partial charge >= 0.3 is 0 Å². The van der Waals surface area contributed by atoms with E-state index in [0.29, 0.717) is 42.0 Å². The molecule has 0 bridgehead atoms. The molecule has 1 aliphatic carbocycles. The molecular formula is C34H31Cl2N3O3S. The Bertz CT molecular complexity index is 1850. The fourth-order valence-electron chi connectivity index (χ4n) is 6.37. The van der Waals surface area contributed by atoms with E-state index < -0.39 is 10.0 Å². The molecule has 0 amide bonds. The van der Waals surface area contributed by atoms with Crippen molar-refractivity contribution in [2.24, 2.45) is 0 Å². The number of sulfonamides is 1. The molecule has 43 heavy (non-hydrogen) atoms. The Hall–Kier alpha value is -3.36. The summed E-state index contributed by atoms with van der Waals surface area (Å²) in [5.41, 5.74) is 5.59. The van der Waals surface area contributed by atoms with Gasteiger partial charge in [0.25, 0.3) is 0 Å². The Balaban J connectivity index is 1.25. The van der Waals surface area contributed by atoms with Gasteiger partial charge in [-0.3, -0.25) is 4.68 Å². The number of fused-ring (bicyclic) bond motifs is 1. The third-order valence-corrected chi connectivity index (χ3v) is 11.1. The Morgan fingerprint density at radius 3 is 1.95 bits per heavy atom. The quantitative estimate of drug-likeness (QED) is 0.184. The molecule has 1 aromatic heterocycles. The van der Waals surface area contributed by atoms with Crippen molar-refractivity contribution in [3.8, 4) is 5.75 Å². The van der Waals surface area contributed by atoms with E-state index in [1.807, 2.05) is 24.3 Å². The topological polar surface area (TPSA) is 75.4 Å². The van der Waals surface area contributed by atoms with Gasteiger partial charge in [-0.15, -0.1) is 0 Å². The van der Waals surface area contributed by atoms with Crippen LogP contribution in [0.15, 0.2) is 95.9 Å². The molecule has 2 fully saturated rings. The molecule has 1 aliphatic heterocycles. The second-order valence-electron chi connectivity index (χ2n) is 11.5. The first kappa shape index (κ1) is 28.4. The minimum atomic E-state index is -3.69. The second-order valence-corrected chi connectivity index (χ2v) is 14.4. The normalized spacial score (nSPS) is 16.7.